The lowest BCUT2D eigenvalue weighted by Crippen LogP contribution is -2.36. The van der Waals surface area contributed by atoms with Gasteiger partial charge in [-0.25, -0.2) is 9.59 Å². The molecular formula is C11H11ClN2O3. The first-order valence-corrected chi connectivity index (χ1v) is 5.42. The van der Waals surface area contributed by atoms with Gasteiger partial charge in [-0.1, -0.05) is 23.7 Å². The first-order chi connectivity index (χ1) is 8.02. The topological polar surface area (TPSA) is 60.9 Å². The number of anilines is 1. The van der Waals surface area contributed by atoms with E-state index in [2.05, 4.69) is 0 Å². The van der Waals surface area contributed by atoms with Crippen molar-refractivity contribution >= 4 is 29.3 Å². The molecule has 1 N–H and O–H groups in total. The van der Waals surface area contributed by atoms with Gasteiger partial charge in [0.25, 0.3) is 0 Å². The first-order valence-electron chi connectivity index (χ1n) is 5.04. The van der Waals surface area contributed by atoms with Crippen LogP contribution in [0.1, 0.15) is 0 Å². The van der Waals surface area contributed by atoms with Crippen molar-refractivity contribution in [1.29, 1.82) is 0 Å². The molecule has 1 unspecified atom stereocenters. The van der Waals surface area contributed by atoms with Gasteiger partial charge in [0.05, 0.1) is 17.3 Å². The van der Waals surface area contributed by atoms with Gasteiger partial charge in [0.1, 0.15) is 6.04 Å². The van der Waals surface area contributed by atoms with Gasteiger partial charge in [0.2, 0.25) is 0 Å². The van der Waals surface area contributed by atoms with E-state index in [9.17, 15) is 9.59 Å². The van der Waals surface area contributed by atoms with E-state index < -0.39 is 12.0 Å². The molecular weight excluding hydrogens is 244 g/mol. The Balaban J connectivity index is 2.33. The maximum absolute atomic E-state index is 11.9. The molecule has 0 radical (unpaired) electrons. The summed E-state index contributed by atoms with van der Waals surface area (Å²) in [6, 6.07) is 5.67. The second-order valence-electron chi connectivity index (χ2n) is 3.81. The Kier molecular flexibility index (Phi) is 2.93. The summed E-state index contributed by atoms with van der Waals surface area (Å²) in [7, 11) is 1.47. The summed E-state index contributed by atoms with van der Waals surface area (Å²) in [6.45, 7) is 0.106. The van der Waals surface area contributed by atoms with Crippen molar-refractivity contribution in [3.63, 3.8) is 0 Å². The molecule has 1 aliphatic rings. The van der Waals surface area contributed by atoms with Gasteiger partial charge in [-0.05, 0) is 12.1 Å². The van der Waals surface area contributed by atoms with Crippen LogP contribution in [-0.4, -0.2) is 41.6 Å². The highest BCUT2D eigenvalue weighted by Gasteiger charge is 2.40. The highest BCUT2D eigenvalue weighted by molar-refractivity contribution is 6.33. The third kappa shape index (κ3) is 1.93. The number of aliphatic carboxylic acids is 1. The molecule has 0 aliphatic carbocycles. The van der Waals surface area contributed by atoms with Crippen LogP contribution < -0.4 is 4.90 Å². The normalized spacial score (nSPS) is 19.9. The maximum Gasteiger partial charge on any atom is 0.328 e. The molecule has 90 valence electrons. The molecule has 1 aromatic rings. The average Bonchev–Trinajstić information content (AvgIpc) is 2.57. The molecule has 1 heterocycles. The van der Waals surface area contributed by atoms with Crippen LogP contribution in [0, 0.1) is 0 Å². The number of carbonyl (C=O) groups excluding carboxylic acids is 1. The van der Waals surface area contributed by atoms with Gasteiger partial charge < -0.3 is 10.0 Å². The number of halogens is 1. The quantitative estimate of drug-likeness (QED) is 0.873. The highest BCUT2D eigenvalue weighted by atomic mass is 35.5. The van der Waals surface area contributed by atoms with Crippen LogP contribution in [0.3, 0.4) is 0 Å². The van der Waals surface area contributed by atoms with Crippen LogP contribution in [0.25, 0.3) is 0 Å². The molecule has 0 aromatic heterocycles. The fourth-order valence-corrected chi connectivity index (χ4v) is 2.05. The Bertz CT molecular complexity index is 478. The molecule has 6 heteroatoms. The summed E-state index contributed by atoms with van der Waals surface area (Å²) in [5.41, 5.74) is 0.537. The van der Waals surface area contributed by atoms with Crippen LogP contribution in [0.15, 0.2) is 24.3 Å². The third-order valence-corrected chi connectivity index (χ3v) is 3.10. The zero-order chi connectivity index (χ0) is 12.6. The number of benzene rings is 1. The second-order valence-corrected chi connectivity index (χ2v) is 4.22. The zero-order valence-corrected chi connectivity index (χ0v) is 9.89. The van der Waals surface area contributed by atoms with E-state index in [1.807, 2.05) is 0 Å². The molecule has 17 heavy (non-hydrogen) atoms. The van der Waals surface area contributed by atoms with Crippen molar-refractivity contribution in [3.05, 3.63) is 29.3 Å². The predicted octanol–water partition coefficient (Wildman–Crippen LogP) is 1.67. The van der Waals surface area contributed by atoms with E-state index in [1.54, 1.807) is 24.3 Å². The summed E-state index contributed by atoms with van der Waals surface area (Å²) >= 11 is 5.98. The summed E-state index contributed by atoms with van der Waals surface area (Å²) in [6.07, 6.45) is 0. The average molecular weight is 255 g/mol. The van der Waals surface area contributed by atoms with Crippen LogP contribution >= 0.6 is 11.6 Å². The number of likely N-dealkylation sites (N-methyl/N-ethyl adjacent to an activating group) is 1. The molecule has 1 atom stereocenters. The van der Waals surface area contributed by atoms with E-state index in [0.29, 0.717) is 10.7 Å². The highest BCUT2D eigenvalue weighted by Crippen LogP contribution is 2.29. The molecule has 1 aliphatic heterocycles. The van der Waals surface area contributed by atoms with Gasteiger partial charge in [0, 0.05) is 7.05 Å². The van der Waals surface area contributed by atoms with Crippen molar-refractivity contribution < 1.29 is 14.7 Å². The van der Waals surface area contributed by atoms with Crippen molar-refractivity contribution in [2.45, 2.75) is 6.04 Å². The molecule has 0 saturated carbocycles. The fraction of sp³-hybridized carbons (Fsp3) is 0.273. The number of hydrogen-bond donors (Lipinski definition) is 1. The number of nitrogens with zero attached hydrogens (tertiary/aromatic N) is 2. The molecule has 2 rings (SSSR count). The lowest BCUT2D eigenvalue weighted by atomic mass is 10.2. The molecule has 1 saturated heterocycles. The van der Waals surface area contributed by atoms with Crippen molar-refractivity contribution in [1.82, 2.24) is 4.90 Å². The lowest BCUT2D eigenvalue weighted by molar-refractivity contribution is -0.140. The van der Waals surface area contributed by atoms with Gasteiger partial charge >= 0.3 is 12.0 Å². The van der Waals surface area contributed by atoms with E-state index in [-0.39, 0.29) is 12.6 Å². The monoisotopic (exact) mass is 254 g/mol. The minimum atomic E-state index is -1.02. The van der Waals surface area contributed by atoms with Crippen molar-refractivity contribution in [2.75, 3.05) is 18.5 Å². The number of carboxylic acid groups (broad SMARTS) is 1. The number of hydrogen-bond acceptors (Lipinski definition) is 2. The summed E-state index contributed by atoms with van der Waals surface area (Å²) in [5.74, 6) is -1.02. The SMILES string of the molecule is CN1C(=O)N(c2ccccc2Cl)CC1C(=O)O. The van der Waals surface area contributed by atoms with Crippen LogP contribution in [-0.2, 0) is 4.79 Å². The number of carbonyl (C=O) groups is 2. The number of carboxylic acids is 1. The van der Waals surface area contributed by atoms with Gasteiger partial charge in [-0.15, -0.1) is 0 Å². The number of para-hydroxylation sites is 1. The van der Waals surface area contributed by atoms with Gasteiger partial charge in [0.15, 0.2) is 0 Å². The minimum absolute atomic E-state index is 0.106. The van der Waals surface area contributed by atoms with E-state index in [4.69, 9.17) is 16.7 Å². The lowest BCUT2D eigenvalue weighted by Gasteiger charge is -2.16. The summed E-state index contributed by atoms with van der Waals surface area (Å²) < 4.78 is 0. The van der Waals surface area contributed by atoms with Crippen LogP contribution in [0.2, 0.25) is 5.02 Å². The Morgan fingerprint density at radius 3 is 2.65 bits per heavy atom. The molecule has 5 nitrogen and oxygen atoms in total. The van der Waals surface area contributed by atoms with Crippen LogP contribution in [0.4, 0.5) is 10.5 Å². The van der Waals surface area contributed by atoms with E-state index in [0.717, 1.165) is 0 Å². The Morgan fingerprint density at radius 1 is 1.47 bits per heavy atom. The smallest absolute Gasteiger partial charge is 0.328 e. The van der Waals surface area contributed by atoms with Crippen LogP contribution in [0.5, 0.6) is 0 Å². The Morgan fingerprint density at radius 2 is 2.12 bits per heavy atom. The minimum Gasteiger partial charge on any atom is -0.480 e. The van der Waals surface area contributed by atoms with E-state index >= 15 is 0 Å². The number of amides is 2. The molecule has 2 amide bonds. The number of urea groups is 1. The first kappa shape index (κ1) is 11.7. The van der Waals surface area contributed by atoms with Gasteiger partial charge in [-0.2, -0.15) is 0 Å². The zero-order valence-electron chi connectivity index (χ0n) is 9.13. The number of rotatable bonds is 2. The van der Waals surface area contributed by atoms with Gasteiger partial charge in [-0.3, -0.25) is 4.90 Å². The Hall–Kier alpha value is -1.75. The van der Waals surface area contributed by atoms with E-state index in [1.165, 1.54) is 16.8 Å². The standard InChI is InChI=1S/C11H11ClN2O3/c1-13-9(10(15)16)6-14(11(13)17)8-5-3-2-4-7(8)12/h2-5,9H,6H2,1H3,(H,15,16). The molecule has 0 bridgehead atoms. The molecule has 0 spiro atoms. The third-order valence-electron chi connectivity index (χ3n) is 2.78. The van der Waals surface area contributed by atoms with Crippen molar-refractivity contribution in [2.24, 2.45) is 0 Å². The predicted molar refractivity (Wildman–Crippen MR) is 63.4 cm³/mol. The molecule has 1 aromatic carbocycles. The molecule has 1 fully saturated rings. The summed E-state index contributed by atoms with van der Waals surface area (Å²) in [4.78, 5) is 25.4. The fourth-order valence-electron chi connectivity index (χ4n) is 1.81. The summed E-state index contributed by atoms with van der Waals surface area (Å²) in [5, 5.41) is 9.41. The Labute approximate surface area is 103 Å². The maximum atomic E-state index is 11.9. The largest absolute Gasteiger partial charge is 0.480 e. The van der Waals surface area contributed by atoms with Crippen molar-refractivity contribution in [3.8, 4) is 0 Å². The second kappa shape index (κ2) is 4.25.